The molecule has 2 rings (SSSR count). The topological polar surface area (TPSA) is 72.3 Å². The van der Waals surface area contributed by atoms with Gasteiger partial charge in [0.05, 0.1) is 5.69 Å². The number of aromatic carboxylic acids is 1. The van der Waals surface area contributed by atoms with Crippen molar-refractivity contribution in [1.82, 2.24) is 9.97 Å². The number of ether oxygens (including phenoxy) is 1. The first-order valence-corrected chi connectivity index (χ1v) is 6.28. The number of hydrogen-bond acceptors (Lipinski definition) is 4. The van der Waals surface area contributed by atoms with E-state index in [1.165, 1.54) is 12.5 Å². The Bertz CT molecular complexity index is 617. The number of carbonyl (C=O) groups is 1. The fourth-order valence-electron chi connectivity index (χ4n) is 1.51. The number of hydrogen-bond donors (Lipinski definition) is 1. The van der Waals surface area contributed by atoms with E-state index in [-0.39, 0.29) is 12.2 Å². The van der Waals surface area contributed by atoms with Gasteiger partial charge in [-0.15, -0.1) is 0 Å². The summed E-state index contributed by atoms with van der Waals surface area (Å²) >= 11 is 3.40. The van der Waals surface area contributed by atoms with Gasteiger partial charge in [-0.1, -0.05) is 15.9 Å². The van der Waals surface area contributed by atoms with E-state index in [1.807, 2.05) is 19.1 Å². The van der Waals surface area contributed by atoms with E-state index in [0.29, 0.717) is 11.4 Å². The zero-order valence-corrected chi connectivity index (χ0v) is 11.7. The summed E-state index contributed by atoms with van der Waals surface area (Å²) in [5, 5.41) is 9.00. The predicted molar refractivity (Wildman–Crippen MR) is 72.2 cm³/mol. The second kappa shape index (κ2) is 5.79. The monoisotopic (exact) mass is 322 g/mol. The Morgan fingerprint density at radius 2 is 2.26 bits per heavy atom. The first-order valence-electron chi connectivity index (χ1n) is 5.49. The van der Waals surface area contributed by atoms with Gasteiger partial charge >= 0.3 is 5.97 Å². The van der Waals surface area contributed by atoms with E-state index in [2.05, 4.69) is 25.9 Å². The highest BCUT2D eigenvalue weighted by Gasteiger charge is 2.11. The van der Waals surface area contributed by atoms with Crippen LogP contribution in [-0.4, -0.2) is 21.0 Å². The Hall–Kier alpha value is -1.95. The molecule has 0 bridgehead atoms. The highest BCUT2D eigenvalue weighted by atomic mass is 79.9. The maximum absolute atomic E-state index is 11.0. The van der Waals surface area contributed by atoms with Crippen LogP contribution in [0.25, 0.3) is 0 Å². The summed E-state index contributed by atoms with van der Waals surface area (Å²) in [6.45, 7) is 2.04. The number of aryl methyl sites for hydroxylation is 1. The van der Waals surface area contributed by atoms with Crippen LogP contribution in [0, 0.1) is 6.92 Å². The molecule has 0 radical (unpaired) electrons. The van der Waals surface area contributed by atoms with Crippen molar-refractivity contribution < 1.29 is 14.6 Å². The summed E-state index contributed by atoms with van der Waals surface area (Å²) in [6.07, 6.45) is 2.57. The summed E-state index contributed by atoms with van der Waals surface area (Å²) in [6, 6.07) is 5.55. The summed E-state index contributed by atoms with van der Waals surface area (Å²) in [7, 11) is 0. The van der Waals surface area contributed by atoms with Crippen LogP contribution in [0.5, 0.6) is 5.75 Å². The molecule has 0 spiro atoms. The molecule has 0 amide bonds. The molecule has 1 aromatic heterocycles. The third-order valence-electron chi connectivity index (χ3n) is 2.53. The smallest absolute Gasteiger partial charge is 0.339 e. The molecular weight excluding hydrogens is 312 g/mol. The minimum absolute atomic E-state index is 0.0522. The molecule has 1 aromatic carbocycles. The van der Waals surface area contributed by atoms with Crippen LogP contribution in [0.2, 0.25) is 0 Å². The summed E-state index contributed by atoms with van der Waals surface area (Å²) < 4.78 is 6.54. The molecular formula is C13H11BrN2O3. The lowest BCUT2D eigenvalue weighted by molar-refractivity contribution is 0.0692. The van der Waals surface area contributed by atoms with Crippen molar-refractivity contribution in [1.29, 1.82) is 0 Å². The van der Waals surface area contributed by atoms with Crippen LogP contribution in [0.3, 0.4) is 0 Å². The second-order valence-corrected chi connectivity index (χ2v) is 4.74. The van der Waals surface area contributed by atoms with Crippen LogP contribution in [-0.2, 0) is 6.61 Å². The molecule has 2 aromatic rings. The Balaban J connectivity index is 2.14. The minimum Gasteiger partial charge on any atom is -0.487 e. The van der Waals surface area contributed by atoms with Gasteiger partial charge in [0, 0.05) is 10.7 Å². The van der Waals surface area contributed by atoms with Crippen molar-refractivity contribution in [2.24, 2.45) is 0 Å². The second-order valence-electron chi connectivity index (χ2n) is 3.89. The van der Waals surface area contributed by atoms with Gasteiger partial charge in [0.1, 0.15) is 24.2 Å². The first-order chi connectivity index (χ1) is 9.08. The minimum atomic E-state index is -1.06. The number of rotatable bonds is 4. The highest BCUT2D eigenvalue weighted by molar-refractivity contribution is 9.10. The number of carboxylic acids is 1. The largest absolute Gasteiger partial charge is 0.487 e. The first kappa shape index (κ1) is 13.5. The molecule has 6 heteroatoms. The predicted octanol–water partition coefficient (Wildman–Crippen LogP) is 2.82. The van der Waals surface area contributed by atoms with Crippen LogP contribution >= 0.6 is 15.9 Å². The van der Waals surface area contributed by atoms with Crippen LogP contribution < -0.4 is 4.74 Å². The Morgan fingerprint density at radius 3 is 2.95 bits per heavy atom. The van der Waals surface area contributed by atoms with Crippen LogP contribution in [0.1, 0.15) is 21.6 Å². The van der Waals surface area contributed by atoms with Gasteiger partial charge in [-0.05, 0) is 30.7 Å². The zero-order chi connectivity index (χ0) is 13.8. The average Bonchev–Trinajstić information content (AvgIpc) is 2.40. The van der Waals surface area contributed by atoms with Crippen LogP contribution in [0.4, 0.5) is 0 Å². The molecule has 0 aliphatic carbocycles. The molecule has 0 aliphatic heterocycles. The number of aromatic nitrogens is 2. The van der Waals surface area contributed by atoms with Crippen molar-refractivity contribution in [3.05, 3.63) is 52.0 Å². The maximum atomic E-state index is 11.0. The number of nitrogens with zero attached hydrogens (tertiary/aromatic N) is 2. The van der Waals surface area contributed by atoms with Gasteiger partial charge < -0.3 is 9.84 Å². The van der Waals surface area contributed by atoms with Crippen molar-refractivity contribution >= 4 is 21.9 Å². The lowest BCUT2D eigenvalue weighted by Gasteiger charge is -2.08. The van der Waals surface area contributed by atoms with Crippen molar-refractivity contribution in [2.45, 2.75) is 13.5 Å². The van der Waals surface area contributed by atoms with Gasteiger partial charge in [0.2, 0.25) is 0 Å². The molecule has 19 heavy (non-hydrogen) atoms. The Kier molecular flexibility index (Phi) is 4.11. The van der Waals surface area contributed by atoms with E-state index >= 15 is 0 Å². The quantitative estimate of drug-likeness (QED) is 0.937. The third kappa shape index (κ3) is 3.29. The van der Waals surface area contributed by atoms with Crippen molar-refractivity contribution in [2.75, 3.05) is 0 Å². The Morgan fingerprint density at radius 1 is 1.47 bits per heavy atom. The van der Waals surface area contributed by atoms with Crippen molar-refractivity contribution in [3.63, 3.8) is 0 Å². The lowest BCUT2D eigenvalue weighted by atomic mass is 10.2. The maximum Gasteiger partial charge on any atom is 0.339 e. The van der Waals surface area contributed by atoms with Gasteiger partial charge in [0.15, 0.2) is 0 Å². The molecule has 0 saturated heterocycles. The number of halogens is 1. The summed E-state index contributed by atoms with van der Waals surface area (Å²) in [4.78, 5) is 18.6. The fourth-order valence-corrected chi connectivity index (χ4v) is 1.75. The molecule has 1 N–H and O–H groups in total. The van der Waals surface area contributed by atoms with Crippen LogP contribution in [0.15, 0.2) is 35.2 Å². The Labute approximate surface area is 118 Å². The molecule has 0 aliphatic rings. The summed E-state index contributed by atoms with van der Waals surface area (Å²) in [5.74, 6) is -0.401. The third-order valence-corrected chi connectivity index (χ3v) is 3.42. The van der Waals surface area contributed by atoms with Gasteiger partial charge in [0.25, 0.3) is 0 Å². The SMILES string of the molecule is Cc1cc(OCc2ncncc2C(=O)O)ccc1Br. The standard InChI is InChI=1S/C13H11BrN2O3/c1-8-4-9(2-3-11(8)14)19-6-12-10(13(17)18)5-15-7-16-12/h2-5,7H,6H2,1H3,(H,17,18). The molecule has 5 nitrogen and oxygen atoms in total. The van der Waals surface area contributed by atoms with E-state index < -0.39 is 5.97 Å². The van der Waals surface area contributed by atoms with E-state index in [0.717, 1.165) is 10.0 Å². The highest BCUT2D eigenvalue weighted by Crippen LogP contribution is 2.22. The van der Waals surface area contributed by atoms with E-state index in [4.69, 9.17) is 9.84 Å². The van der Waals surface area contributed by atoms with E-state index in [9.17, 15) is 4.79 Å². The molecule has 1 heterocycles. The molecule has 0 atom stereocenters. The number of benzene rings is 1. The average molecular weight is 323 g/mol. The van der Waals surface area contributed by atoms with Gasteiger partial charge in [-0.3, -0.25) is 0 Å². The van der Waals surface area contributed by atoms with Crippen molar-refractivity contribution in [3.8, 4) is 5.75 Å². The normalized spacial score (nSPS) is 10.2. The summed E-state index contributed by atoms with van der Waals surface area (Å²) in [5.41, 5.74) is 1.44. The fraction of sp³-hybridized carbons (Fsp3) is 0.154. The van der Waals surface area contributed by atoms with Gasteiger partial charge in [-0.25, -0.2) is 14.8 Å². The van der Waals surface area contributed by atoms with Gasteiger partial charge in [-0.2, -0.15) is 0 Å². The van der Waals surface area contributed by atoms with E-state index in [1.54, 1.807) is 6.07 Å². The lowest BCUT2D eigenvalue weighted by Crippen LogP contribution is -2.08. The zero-order valence-electron chi connectivity index (χ0n) is 10.1. The molecule has 0 unspecified atom stereocenters. The molecule has 0 fully saturated rings. The molecule has 98 valence electrons. The molecule has 0 saturated carbocycles. The number of carboxylic acid groups (broad SMARTS) is 1.